The third-order valence-electron chi connectivity index (χ3n) is 10.1. The monoisotopic (exact) mass is 815 g/mol. The van der Waals surface area contributed by atoms with Crippen LogP contribution in [0.25, 0.3) is 0 Å². The van der Waals surface area contributed by atoms with E-state index in [2.05, 4.69) is 36.8 Å². The molecule has 2 unspecified atom stereocenters. The quantitative estimate of drug-likeness (QED) is 0.206. The number of aromatic nitrogens is 4. The van der Waals surface area contributed by atoms with Gasteiger partial charge in [0.1, 0.15) is 23.9 Å². The summed E-state index contributed by atoms with van der Waals surface area (Å²) in [5, 5.41) is 23.0. The highest BCUT2D eigenvalue weighted by Gasteiger charge is 2.46. The summed E-state index contributed by atoms with van der Waals surface area (Å²) in [6.45, 7) is 13.2. The third-order valence-corrected chi connectivity index (χ3v) is 10.1. The van der Waals surface area contributed by atoms with Crippen molar-refractivity contribution in [3.63, 3.8) is 0 Å². The predicted octanol–water partition coefficient (Wildman–Crippen LogP) is 2.15. The lowest BCUT2D eigenvalue weighted by atomic mass is 9.85. The molecule has 4 bridgehead atoms. The van der Waals surface area contributed by atoms with Gasteiger partial charge in [-0.1, -0.05) is 76.6 Å². The van der Waals surface area contributed by atoms with Crippen LogP contribution in [0.5, 0.6) is 5.75 Å². The Morgan fingerprint density at radius 3 is 2.41 bits per heavy atom. The van der Waals surface area contributed by atoms with Gasteiger partial charge >= 0.3 is 0 Å². The number of hydrogen-bond acceptors (Lipinski definition) is 11. The van der Waals surface area contributed by atoms with Crippen molar-refractivity contribution in [1.29, 1.82) is 0 Å². The molecular weight excluding hydrogens is 759 g/mol. The average molecular weight is 816 g/mol. The van der Waals surface area contributed by atoms with Crippen molar-refractivity contribution in [3.8, 4) is 5.75 Å². The lowest BCUT2D eigenvalue weighted by molar-refractivity contribution is -0.145. The first kappa shape index (κ1) is 44.4. The van der Waals surface area contributed by atoms with Gasteiger partial charge in [-0.15, -0.1) is 5.10 Å². The van der Waals surface area contributed by atoms with E-state index in [0.29, 0.717) is 48.8 Å². The number of carbonyl (C=O) groups excluding carboxylic acids is 6. The van der Waals surface area contributed by atoms with Gasteiger partial charge in [0.2, 0.25) is 29.4 Å². The molecule has 5 rings (SSSR count). The Labute approximate surface area is 344 Å². The molecule has 1 aromatic heterocycles. The van der Waals surface area contributed by atoms with Gasteiger partial charge in [0.05, 0.1) is 43.9 Å². The highest BCUT2D eigenvalue weighted by molar-refractivity contribution is 6.38. The third kappa shape index (κ3) is 11.7. The Balaban J connectivity index is 1.28. The molecule has 4 N–H and O–H groups in total. The van der Waals surface area contributed by atoms with Gasteiger partial charge in [-0.3, -0.25) is 28.8 Å². The molecular formula is C42H57N9O8. The van der Waals surface area contributed by atoms with Crippen LogP contribution in [0.2, 0.25) is 0 Å². The maximum atomic E-state index is 14.4. The zero-order valence-corrected chi connectivity index (χ0v) is 34.9. The van der Waals surface area contributed by atoms with Gasteiger partial charge in [0, 0.05) is 19.4 Å². The summed E-state index contributed by atoms with van der Waals surface area (Å²) >= 11 is 0. The zero-order valence-electron chi connectivity index (χ0n) is 34.9. The Morgan fingerprint density at radius 2 is 1.71 bits per heavy atom. The Bertz CT molecular complexity index is 1970. The highest BCUT2D eigenvalue weighted by atomic mass is 16.5. The first-order valence-corrected chi connectivity index (χ1v) is 20.1. The normalized spacial score (nSPS) is 20.1. The van der Waals surface area contributed by atoms with E-state index in [1.54, 1.807) is 23.7 Å². The molecule has 0 spiro atoms. The van der Waals surface area contributed by atoms with Crippen molar-refractivity contribution in [2.24, 2.45) is 5.41 Å². The van der Waals surface area contributed by atoms with Crippen molar-refractivity contribution >= 4 is 35.3 Å². The lowest BCUT2D eigenvalue weighted by Crippen LogP contribution is -2.59. The van der Waals surface area contributed by atoms with Crippen molar-refractivity contribution in [2.75, 3.05) is 26.3 Å². The topological polar surface area (TPSA) is 216 Å². The van der Waals surface area contributed by atoms with Gasteiger partial charge < -0.3 is 35.6 Å². The molecule has 2 aliphatic rings. The largest absolute Gasteiger partial charge is 0.493 e. The van der Waals surface area contributed by atoms with Crippen LogP contribution in [0.15, 0.2) is 54.6 Å². The molecule has 3 heterocycles. The van der Waals surface area contributed by atoms with Gasteiger partial charge in [-0.05, 0) is 66.3 Å². The van der Waals surface area contributed by atoms with Crippen molar-refractivity contribution in [3.05, 3.63) is 71.5 Å². The number of ketones is 1. The molecule has 2 aromatic carbocycles. The number of ether oxygens (including phenoxy) is 2. The van der Waals surface area contributed by atoms with Gasteiger partial charge in [0.15, 0.2) is 5.82 Å². The summed E-state index contributed by atoms with van der Waals surface area (Å²) in [5.74, 6) is -3.08. The molecule has 5 atom stereocenters. The Hall–Kier alpha value is -5.71. The molecule has 17 heteroatoms. The second kappa shape index (κ2) is 19.4. The number of amides is 5. The van der Waals surface area contributed by atoms with Gasteiger partial charge in [-0.2, -0.15) is 0 Å². The zero-order chi connectivity index (χ0) is 42.9. The van der Waals surface area contributed by atoms with Crippen molar-refractivity contribution in [2.45, 2.75) is 116 Å². The molecule has 2 aliphatic heterocycles. The number of rotatable bonds is 11. The molecule has 59 heavy (non-hydrogen) atoms. The minimum absolute atomic E-state index is 0.0163. The summed E-state index contributed by atoms with van der Waals surface area (Å²) in [6.07, 6.45) is 0.731. The highest BCUT2D eigenvalue weighted by Crippen LogP contribution is 2.29. The SMILES string of the molecule is CCCC(NC(=O)[C@@H]1C[C@@H]2CN1C(=O)[C@H](C(C)(C)C)NC(=O)Cc1cccc(c1)OCCCO2)C(=O)C(=O)NCC(=O)NC(c1ccccc1)c1nnnn1C(C)(C)C. The number of Topliss-reactive ketones (excluding diaryl/α,β-unsaturated/α-hetero) is 1. The van der Waals surface area contributed by atoms with E-state index in [1.807, 2.05) is 84.0 Å². The average Bonchev–Trinajstić information content (AvgIpc) is 3.86. The van der Waals surface area contributed by atoms with Crippen LogP contribution in [0.3, 0.4) is 0 Å². The summed E-state index contributed by atoms with van der Waals surface area (Å²) in [5.41, 5.74) is 0.169. The second-order valence-electron chi connectivity index (χ2n) is 17.1. The van der Waals surface area contributed by atoms with E-state index >= 15 is 0 Å². The summed E-state index contributed by atoms with van der Waals surface area (Å²) in [6, 6.07) is 12.2. The molecule has 318 valence electrons. The van der Waals surface area contributed by atoms with Crippen LogP contribution in [-0.2, 0) is 45.5 Å². The second-order valence-corrected chi connectivity index (χ2v) is 17.1. The molecule has 0 radical (unpaired) electrons. The van der Waals surface area contributed by atoms with Crippen LogP contribution in [-0.4, -0.2) is 111 Å². The first-order chi connectivity index (χ1) is 28.0. The standard InChI is InChI=1S/C42H57N9O8/c1-8-14-30(35(54)39(56)43-24-33(53)45-34(27-16-10-9-11-17-27)37-47-48-49-51(37)42(5,6)7)44-38(55)31-23-29-25-50(31)40(57)36(41(2,3)4)46-32(52)22-26-15-12-18-28(21-26)58-19-13-20-59-29/h9-12,15-18,21,29-31,34,36H,8,13-14,19-20,22-25H2,1-7H3,(H,43,56)(H,44,55)(H,45,53)(H,46,52)/t29-,30?,31+,34?,36-/m1/s1. The maximum absolute atomic E-state index is 14.4. The summed E-state index contributed by atoms with van der Waals surface area (Å²) in [7, 11) is 0. The number of carbonyl (C=O) groups is 6. The summed E-state index contributed by atoms with van der Waals surface area (Å²) < 4.78 is 13.6. The van der Waals surface area contributed by atoms with E-state index in [1.165, 1.54) is 4.90 Å². The summed E-state index contributed by atoms with van der Waals surface area (Å²) in [4.78, 5) is 83.4. The number of nitrogens with one attached hydrogen (secondary N) is 4. The van der Waals surface area contributed by atoms with E-state index in [-0.39, 0.29) is 31.7 Å². The fourth-order valence-electron chi connectivity index (χ4n) is 7.10. The van der Waals surface area contributed by atoms with Crippen LogP contribution in [0, 0.1) is 5.41 Å². The predicted molar refractivity (Wildman–Crippen MR) is 216 cm³/mol. The number of fused-ring (bicyclic) bond motifs is 4. The first-order valence-electron chi connectivity index (χ1n) is 20.1. The smallest absolute Gasteiger partial charge is 0.290 e. The molecule has 0 saturated carbocycles. The molecule has 0 aliphatic carbocycles. The minimum Gasteiger partial charge on any atom is -0.493 e. The van der Waals surface area contributed by atoms with E-state index in [4.69, 9.17) is 9.47 Å². The Kier molecular flexibility index (Phi) is 14.6. The van der Waals surface area contributed by atoms with Crippen LogP contribution in [0.4, 0.5) is 0 Å². The van der Waals surface area contributed by atoms with Crippen LogP contribution < -0.4 is 26.0 Å². The van der Waals surface area contributed by atoms with Gasteiger partial charge in [-0.25, -0.2) is 4.68 Å². The number of hydrogen-bond donors (Lipinski definition) is 4. The maximum Gasteiger partial charge on any atom is 0.290 e. The van der Waals surface area contributed by atoms with Crippen molar-refractivity contribution < 1.29 is 38.2 Å². The van der Waals surface area contributed by atoms with E-state index in [9.17, 15) is 28.8 Å². The fourth-order valence-corrected chi connectivity index (χ4v) is 7.10. The van der Waals surface area contributed by atoms with E-state index < -0.39 is 77.2 Å². The molecule has 3 aromatic rings. The fraction of sp³-hybridized carbons (Fsp3) is 0.548. The Morgan fingerprint density at radius 1 is 0.966 bits per heavy atom. The van der Waals surface area contributed by atoms with Crippen LogP contribution in [0.1, 0.15) is 97.1 Å². The molecule has 1 fully saturated rings. The molecule has 1 saturated heterocycles. The number of benzene rings is 2. The molecule has 17 nitrogen and oxygen atoms in total. The van der Waals surface area contributed by atoms with Crippen molar-refractivity contribution in [1.82, 2.24) is 46.4 Å². The number of nitrogens with zero attached hydrogens (tertiary/aromatic N) is 5. The van der Waals surface area contributed by atoms with Gasteiger partial charge in [0.25, 0.3) is 5.91 Å². The minimum atomic E-state index is -1.24. The van der Waals surface area contributed by atoms with E-state index in [0.717, 1.165) is 0 Å². The van der Waals surface area contributed by atoms with Crippen LogP contribution >= 0.6 is 0 Å². The number of tetrazole rings is 1. The lowest BCUT2D eigenvalue weighted by Gasteiger charge is -2.35. The molecule has 5 amide bonds.